The van der Waals surface area contributed by atoms with E-state index in [1.54, 1.807) is 11.3 Å². The number of rotatable bonds is 40. The van der Waals surface area contributed by atoms with Crippen LogP contribution in [0, 0.1) is 17.3 Å². The first-order valence-corrected chi connectivity index (χ1v) is 26.8. The molecule has 0 aliphatic carbocycles. The molecule has 2 unspecified atom stereocenters. The van der Waals surface area contributed by atoms with Crippen molar-refractivity contribution in [3.63, 3.8) is 0 Å². The van der Waals surface area contributed by atoms with Crippen LogP contribution >= 0.6 is 43.2 Å². The van der Waals surface area contributed by atoms with Gasteiger partial charge in [-0.25, -0.2) is 0 Å². The molecule has 1 aromatic rings. The molecular formula is C49H90Br2O4S. The van der Waals surface area contributed by atoms with Gasteiger partial charge in [-0.2, -0.15) is 0 Å². The minimum Gasteiger partial charge on any atom is -0.487 e. The maximum Gasteiger partial charge on any atom is 0.187 e. The number of fused-ring (bicyclic) bond motifs is 1. The molecule has 4 nitrogen and oxygen atoms in total. The van der Waals surface area contributed by atoms with Crippen molar-refractivity contribution in [1.29, 1.82) is 0 Å². The van der Waals surface area contributed by atoms with Gasteiger partial charge in [0, 0.05) is 13.2 Å². The summed E-state index contributed by atoms with van der Waals surface area (Å²) in [6.07, 6.45) is 43.5. The standard InChI is InChI=1S/C49H90Br2O4S/c1-5-9-13-17-21-23-27-31-35-43(33-29-25-19-15-11-7-3)37-52-39-49(41-54-45-46(55-42-49)48(51)56-47(45)50)40-53-38-44(34-30-26-20-16-12-8-4)36-32-28-24-22-18-14-10-6-2/h43-44H,5-42H2,1-4H3. The quantitative estimate of drug-likeness (QED) is 0.0615. The van der Waals surface area contributed by atoms with Crippen molar-refractivity contribution in [2.75, 3.05) is 39.6 Å². The highest BCUT2D eigenvalue weighted by atomic mass is 79.9. The van der Waals surface area contributed by atoms with Gasteiger partial charge in [0.2, 0.25) is 0 Å². The molecule has 2 heterocycles. The van der Waals surface area contributed by atoms with Crippen molar-refractivity contribution in [2.45, 2.75) is 233 Å². The fourth-order valence-corrected chi connectivity index (χ4v) is 11.2. The van der Waals surface area contributed by atoms with E-state index >= 15 is 0 Å². The highest BCUT2D eigenvalue weighted by molar-refractivity contribution is 9.12. The van der Waals surface area contributed by atoms with Crippen LogP contribution in [0.3, 0.4) is 0 Å². The summed E-state index contributed by atoms with van der Waals surface area (Å²) in [6.45, 7) is 13.2. The average Bonchev–Trinajstić information content (AvgIpc) is 3.33. The molecule has 7 heteroatoms. The maximum atomic E-state index is 6.78. The molecule has 330 valence electrons. The van der Waals surface area contributed by atoms with Gasteiger partial charge in [0.15, 0.2) is 11.5 Å². The van der Waals surface area contributed by atoms with E-state index in [0.29, 0.717) is 38.3 Å². The van der Waals surface area contributed by atoms with Gasteiger partial charge in [-0.1, -0.05) is 207 Å². The Morgan fingerprint density at radius 2 is 0.714 bits per heavy atom. The maximum absolute atomic E-state index is 6.78. The first-order valence-electron chi connectivity index (χ1n) is 24.4. The van der Waals surface area contributed by atoms with Gasteiger partial charge in [-0.3, -0.25) is 0 Å². The monoisotopic (exact) mass is 932 g/mol. The van der Waals surface area contributed by atoms with Crippen LogP contribution in [0.25, 0.3) is 0 Å². The molecule has 0 bridgehead atoms. The third kappa shape index (κ3) is 25.1. The molecule has 0 radical (unpaired) electrons. The van der Waals surface area contributed by atoms with Crippen LogP contribution in [-0.4, -0.2) is 39.6 Å². The van der Waals surface area contributed by atoms with Crippen molar-refractivity contribution in [2.24, 2.45) is 17.3 Å². The van der Waals surface area contributed by atoms with Crippen LogP contribution in [0.1, 0.15) is 233 Å². The van der Waals surface area contributed by atoms with Crippen LogP contribution in [-0.2, 0) is 9.47 Å². The minimum atomic E-state index is -0.345. The molecule has 2 rings (SSSR count). The van der Waals surface area contributed by atoms with E-state index in [-0.39, 0.29) is 5.41 Å². The molecule has 0 fully saturated rings. The number of thiophene rings is 1. The Bertz CT molecular complexity index is 942. The molecule has 0 N–H and O–H groups in total. The highest BCUT2D eigenvalue weighted by Gasteiger charge is 2.38. The predicted octanol–water partition coefficient (Wildman–Crippen LogP) is 17.9. The number of hydrogen-bond donors (Lipinski definition) is 0. The molecule has 1 aromatic heterocycles. The molecule has 1 aliphatic heterocycles. The van der Waals surface area contributed by atoms with E-state index in [1.807, 2.05) is 0 Å². The summed E-state index contributed by atoms with van der Waals surface area (Å²) in [6, 6.07) is 0. The lowest BCUT2D eigenvalue weighted by atomic mass is 9.91. The lowest BCUT2D eigenvalue weighted by molar-refractivity contribution is -0.0722. The SMILES string of the molecule is CCCCCCCCCCC(CCCCCCCC)COCC1(COCC(CCCCCCCC)CCCCCCCCCC)COc2c(Br)sc(Br)c2OC1. The summed E-state index contributed by atoms with van der Waals surface area (Å²) in [5.41, 5.74) is -0.345. The molecule has 0 aromatic carbocycles. The Morgan fingerprint density at radius 3 is 1.00 bits per heavy atom. The first-order chi connectivity index (χ1) is 27.5. The van der Waals surface area contributed by atoms with Gasteiger partial charge in [0.1, 0.15) is 20.8 Å². The van der Waals surface area contributed by atoms with Gasteiger partial charge in [0.05, 0.1) is 18.6 Å². The zero-order valence-corrected chi connectivity index (χ0v) is 41.3. The molecule has 2 atom stereocenters. The Kier molecular flexibility index (Phi) is 33.5. The Hall–Kier alpha value is 0.180. The lowest BCUT2D eigenvalue weighted by Crippen LogP contribution is -2.43. The van der Waals surface area contributed by atoms with Crippen molar-refractivity contribution >= 4 is 43.2 Å². The summed E-state index contributed by atoms with van der Waals surface area (Å²) in [4.78, 5) is 0. The Labute approximate surface area is 369 Å². The van der Waals surface area contributed by atoms with Gasteiger partial charge in [-0.15, -0.1) is 11.3 Å². The topological polar surface area (TPSA) is 36.9 Å². The van der Waals surface area contributed by atoms with Gasteiger partial charge < -0.3 is 18.9 Å². The van der Waals surface area contributed by atoms with Crippen molar-refractivity contribution < 1.29 is 18.9 Å². The zero-order chi connectivity index (χ0) is 40.4. The van der Waals surface area contributed by atoms with Crippen LogP contribution in [0.4, 0.5) is 0 Å². The summed E-state index contributed by atoms with van der Waals surface area (Å²) in [5, 5.41) is 0. The van der Waals surface area contributed by atoms with Crippen LogP contribution in [0.15, 0.2) is 7.57 Å². The molecule has 0 amide bonds. The molecule has 0 spiro atoms. The largest absolute Gasteiger partial charge is 0.487 e. The lowest BCUT2D eigenvalue weighted by Gasteiger charge is -2.32. The second-order valence-electron chi connectivity index (χ2n) is 17.8. The molecule has 1 aliphatic rings. The van der Waals surface area contributed by atoms with Gasteiger partial charge in [0.25, 0.3) is 0 Å². The average molecular weight is 935 g/mol. The van der Waals surface area contributed by atoms with E-state index < -0.39 is 0 Å². The van der Waals surface area contributed by atoms with Gasteiger partial charge >= 0.3 is 0 Å². The number of unbranched alkanes of at least 4 members (excludes halogenated alkanes) is 24. The number of ether oxygens (including phenoxy) is 4. The Morgan fingerprint density at radius 1 is 0.446 bits per heavy atom. The summed E-state index contributed by atoms with van der Waals surface area (Å²) < 4.78 is 28.6. The van der Waals surface area contributed by atoms with Crippen molar-refractivity contribution in [3.05, 3.63) is 7.57 Å². The third-order valence-corrected chi connectivity index (χ3v) is 14.6. The van der Waals surface area contributed by atoms with Crippen LogP contribution in [0.2, 0.25) is 0 Å². The molecule has 0 saturated heterocycles. The van der Waals surface area contributed by atoms with E-state index in [0.717, 1.165) is 32.3 Å². The zero-order valence-electron chi connectivity index (χ0n) is 37.3. The number of hydrogen-bond acceptors (Lipinski definition) is 5. The van der Waals surface area contributed by atoms with E-state index in [1.165, 1.54) is 205 Å². The van der Waals surface area contributed by atoms with Crippen LogP contribution < -0.4 is 9.47 Å². The summed E-state index contributed by atoms with van der Waals surface area (Å²) >= 11 is 9.07. The predicted molar refractivity (Wildman–Crippen MR) is 252 cm³/mol. The van der Waals surface area contributed by atoms with Crippen molar-refractivity contribution in [1.82, 2.24) is 0 Å². The van der Waals surface area contributed by atoms with E-state index in [4.69, 9.17) is 18.9 Å². The third-order valence-electron chi connectivity index (χ3n) is 12.2. The minimum absolute atomic E-state index is 0.345. The van der Waals surface area contributed by atoms with Crippen molar-refractivity contribution in [3.8, 4) is 11.5 Å². The fraction of sp³-hybridized carbons (Fsp3) is 0.918. The smallest absolute Gasteiger partial charge is 0.187 e. The number of halogens is 2. The van der Waals surface area contributed by atoms with E-state index in [2.05, 4.69) is 59.6 Å². The fourth-order valence-electron chi connectivity index (χ4n) is 8.36. The first kappa shape index (κ1) is 52.3. The second kappa shape index (κ2) is 35.9. The molecular weight excluding hydrogens is 844 g/mol. The highest BCUT2D eigenvalue weighted by Crippen LogP contribution is 2.50. The summed E-state index contributed by atoms with van der Waals surface area (Å²) in [7, 11) is 0. The summed E-state index contributed by atoms with van der Waals surface area (Å²) in [5.74, 6) is 2.89. The van der Waals surface area contributed by atoms with E-state index in [9.17, 15) is 0 Å². The Balaban J connectivity index is 2.01. The van der Waals surface area contributed by atoms with Crippen LogP contribution in [0.5, 0.6) is 11.5 Å². The molecule has 0 saturated carbocycles. The van der Waals surface area contributed by atoms with Gasteiger partial charge in [-0.05, 0) is 69.4 Å². The second-order valence-corrected chi connectivity index (χ2v) is 21.4. The normalized spacial score (nSPS) is 15.0. The molecule has 56 heavy (non-hydrogen) atoms.